The van der Waals surface area contributed by atoms with E-state index in [2.05, 4.69) is 22.5 Å². The Bertz CT molecular complexity index is 333. The van der Waals surface area contributed by atoms with Gasteiger partial charge in [-0.15, -0.1) is 0 Å². The smallest absolute Gasteiger partial charge is 0.231 e. The Balaban J connectivity index is 2.45. The predicted octanol–water partition coefficient (Wildman–Crippen LogP) is 2.78. The van der Waals surface area contributed by atoms with Gasteiger partial charge in [0.1, 0.15) is 0 Å². The van der Waals surface area contributed by atoms with Gasteiger partial charge in [0.25, 0.3) is 0 Å². The van der Waals surface area contributed by atoms with Crippen LogP contribution in [0.5, 0.6) is 11.5 Å². The zero-order valence-corrected chi connectivity index (χ0v) is 7.93. The molecule has 0 N–H and O–H groups in total. The fourth-order valence-corrected chi connectivity index (χ4v) is 1.31. The van der Waals surface area contributed by atoms with E-state index >= 15 is 0 Å². The number of hydrogen-bond acceptors (Lipinski definition) is 2. The third-order valence-electron chi connectivity index (χ3n) is 1.69. The molecule has 12 heavy (non-hydrogen) atoms. The molecule has 0 aliphatic carbocycles. The highest BCUT2D eigenvalue weighted by Crippen LogP contribution is 2.35. The molecule has 0 saturated carbocycles. The summed E-state index contributed by atoms with van der Waals surface area (Å²) in [5, 5.41) is 0. The number of benzene rings is 1. The van der Waals surface area contributed by atoms with E-state index in [1.54, 1.807) is 0 Å². The van der Waals surface area contributed by atoms with Gasteiger partial charge in [0.05, 0.1) is 0 Å². The average Bonchev–Trinajstić information content (AvgIpc) is 2.49. The Morgan fingerprint density at radius 2 is 2.08 bits per heavy atom. The topological polar surface area (TPSA) is 18.5 Å². The fraction of sp³-hybridized carbons (Fsp3) is 0.111. The van der Waals surface area contributed by atoms with E-state index in [1.807, 2.05) is 18.2 Å². The Kier molecular flexibility index (Phi) is 1.81. The third kappa shape index (κ3) is 1.20. The van der Waals surface area contributed by atoms with E-state index in [0.29, 0.717) is 6.79 Å². The predicted molar refractivity (Wildman–Crippen MR) is 50.5 cm³/mol. The van der Waals surface area contributed by atoms with Crippen molar-refractivity contribution in [3.63, 3.8) is 0 Å². The van der Waals surface area contributed by atoms with Crippen LogP contribution in [0.25, 0.3) is 4.48 Å². The Morgan fingerprint density at radius 1 is 1.33 bits per heavy atom. The lowest BCUT2D eigenvalue weighted by atomic mass is 10.2. The van der Waals surface area contributed by atoms with Crippen LogP contribution < -0.4 is 9.47 Å². The van der Waals surface area contributed by atoms with Crippen LogP contribution in [-0.4, -0.2) is 6.79 Å². The van der Waals surface area contributed by atoms with Crippen molar-refractivity contribution < 1.29 is 9.47 Å². The van der Waals surface area contributed by atoms with Gasteiger partial charge in [-0.1, -0.05) is 22.5 Å². The van der Waals surface area contributed by atoms with Gasteiger partial charge < -0.3 is 9.47 Å². The largest absolute Gasteiger partial charge is 0.454 e. The molecule has 62 valence electrons. The summed E-state index contributed by atoms with van der Waals surface area (Å²) in [5.41, 5.74) is 1.01. The molecule has 2 nitrogen and oxygen atoms in total. The molecule has 1 aliphatic rings. The molecule has 0 spiro atoms. The first kappa shape index (κ1) is 7.68. The quantitative estimate of drug-likeness (QED) is 0.734. The van der Waals surface area contributed by atoms with Crippen LogP contribution >= 0.6 is 15.9 Å². The number of fused-ring (bicyclic) bond motifs is 1. The second kappa shape index (κ2) is 2.83. The first-order chi connectivity index (χ1) is 5.77. The lowest BCUT2D eigenvalue weighted by Gasteiger charge is -1.99. The van der Waals surface area contributed by atoms with E-state index in [-0.39, 0.29) is 0 Å². The van der Waals surface area contributed by atoms with Crippen molar-refractivity contribution in [2.75, 3.05) is 6.79 Å². The van der Waals surface area contributed by atoms with Gasteiger partial charge in [0.2, 0.25) is 6.79 Å². The van der Waals surface area contributed by atoms with E-state index in [4.69, 9.17) is 9.47 Å². The van der Waals surface area contributed by atoms with Crippen LogP contribution in [-0.2, 0) is 0 Å². The minimum Gasteiger partial charge on any atom is -0.454 e. The molecule has 0 fully saturated rings. The highest BCUT2D eigenvalue weighted by Gasteiger charge is 2.13. The van der Waals surface area contributed by atoms with Crippen LogP contribution in [0.4, 0.5) is 0 Å². The standard InChI is InChI=1S/C9H7BrO2/c1-6(10)7-2-3-8-9(4-7)12-5-11-8/h2-4H,1,5H2. The summed E-state index contributed by atoms with van der Waals surface area (Å²) in [6, 6.07) is 5.72. The van der Waals surface area contributed by atoms with Gasteiger partial charge in [0, 0.05) is 4.48 Å². The van der Waals surface area contributed by atoms with E-state index in [9.17, 15) is 0 Å². The Hall–Kier alpha value is -0.960. The van der Waals surface area contributed by atoms with Crippen LogP contribution in [0.1, 0.15) is 5.56 Å². The lowest BCUT2D eigenvalue weighted by Crippen LogP contribution is -1.92. The number of rotatable bonds is 1. The first-order valence-corrected chi connectivity index (χ1v) is 4.31. The van der Waals surface area contributed by atoms with Crippen LogP contribution in [0.2, 0.25) is 0 Å². The molecule has 0 bridgehead atoms. The molecule has 1 aliphatic heterocycles. The summed E-state index contributed by atoms with van der Waals surface area (Å²) >= 11 is 3.30. The van der Waals surface area contributed by atoms with Crippen molar-refractivity contribution in [3.8, 4) is 11.5 Å². The van der Waals surface area contributed by atoms with E-state index < -0.39 is 0 Å². The van der Waals surface area contributed by atoms with Crippen molar-refractivity contribution in [1.29, 1.82) is 0 Å². The van der Waals surface area contributed by atoms with E-state index in [0.717, 1.165) is 21.5 Å². The second-order valence-corrected chi connectivity index (χ2v) is 3.43. The number of ether oxygens (including phenoxy) is 2. The van der Waals surface area contributed by atoms with Crippen molar-refractivity contribution in [1.82, 2.24) is 0 Å². The zero-order chi connectivity index (χ0) is 8.55. The minimum absolute atomic E-state index is 0.313. The average molecular weight is 227 g/mol. The van der Waals surface area contributed by atoms with Gasteiger partial charge in [-0.2, -0.15) is 0 Å². The highest BCUT2D eigenvalue weighted by atomic mass is 79.9. The van der Waals surface area contributed by atoms with Gasteiger partial charge >= 0.3 is 0 Å². The molecular weight excluding hydrogens is 220 g/mol. The summed E-state index contributed by atoms with van der Waals surface area (Å²) in [6.07, 6.45) is 0. The van der Waals surface area contributed by atoms with Crippen molar-refractivity contribution >= 4 is 20.4 Å². The van der Waals surface area contributed by atoms with Gasteiger partial charge in [0.15, 0.2) is 11.5 Å². The maximum atomic E-state index is 5.21. The Labute approximate surface area is 78.9 Å². The molecule has 1 heterocycles. The number of hydrogen-bond donors (Lipinski definition) is 0. The van der Waals surface area contributed by atoms with Gasteiger partial charge in [-0.05, 0) is 23.8 Å². The van der Waals surface area contributed by atoms with Gasteiger partial charge in [-0.25, -0.2) is 0 Å². The molecule has 2 rings (SSSR count). The minimum atomic E-state index is 0.313. The normalized spacial score (nSPS) is 13.1. The molecule has 0 amide bonds. The summed E-state index contributed by atoms with van der Waals surface area (Å²) in [6.45, 7) is 4.08. The monoisotopic (exact) mass is 226 g/mol. The van der Waals surface area contributed by atoms with Crippen molar-refractivity contribution in [2.24, 2.45) is 0 Å². The fourth-order valence-electron chi connectivity index (χ4n) is 1.07. The Morgan fingerprint density at radius 3 is 2.83 bits per heavy atom. The molecule has 3 heteroatoms. The molecule has 1 aromatic rings. The van der Waals surface area contributed by atoms with E-state index in [1.165, 1.54) is 0 Å². The van der Waals surface area contributed by atoms with Gasteiger partial charge in [-0.3, -0.25) is 0 Å². The molecule has 0 radical (unpaired) electrons. The molecule has 1 aromatic carbocycles. The zero-order valence-electron chi connectivity index (χ0n) is 6.34. The summed E-state index contributed by atoms with van der Waals surface area (Å²) < 4.78 is 11.2. The first-order valence-electron chi connectivity index (χ1n) is 3.52. The maximum absolute atomic E-state index is 5.21. The third-order valence-corrected chi connectivity index (χ3v) is 2.14. The summed E-state index contributed by atoms with van der Waals surface area (Å²) in [4.78, 5) is 0. The molecule has 0 atom stereocenters. The highest BCUT2D eigenvalue weighted by molar-refractivity contribution is 9.15. The lowest BCUT2D eigenvalue weighted by molar-refractivity contribution is 0.174. The maximum Gasteiger partial charge on any atom is 0.231 e. The SMILES string of the molecule is C=C(Br)c1ccc2c(c1)OCO2. The molecule has 0 aromatic heterocycles. The summed E-state index contributed by atoms with van der Waals surface area (Å²) in [5.74, 6) is 1.58. The summed E-state index contributed by atoms with van der Waals surface area (Å²) in [7, 11) is 0. The van der Waals surface area contributed by atoms with Crippen LogP contribution in [0.15, 0.2) is 24.8 Å². The van der Waals surface area contributed by atoms with Crippen LogP contribution in [0, 0.1) is 0 Å². The molecule has 0 unspecified atom stereocenters. The van der Waals surface area contributed by atoms with Crippen LogP contribution in [0.3, 0.4) is 0 Å². The number of halogens is 1. The molecule has 0 saturated heterocycles. The second-order valence-electron chi connectivity index (χ2n) is 2.47. The van der Waals surface area contributed by atoms with Crippen molar-refractivity contribution in [3.05, 3.63) is 30.3 Å². The van der Waals surface area contributed by atoms with Crippen molar-refractivity contribution in [2.45, 2.75) is 0 Å². The molecular formula is C9H7BrO2.